The maximum absolute atomic E-state index is 13.5. The summed E-state index contributed by atoms with van der Waals surface area (Å²) in [5, 5.41) is 24.6. The van der Waals surface area contributed by atoms with Gasteiger partial charge in [0.05, 0.1) is 45.8 Å². The van der Waals surface area contributed by atoms with Crippen molar-refractivity contribution in [3.63, 3.8) is 0 Å². The number of methoxy groups -OCH3 is 2. The van der Waals surface area contributed by atoms with E-state index in [-0.39, 0.29) is 23.4 Å². The fraction of sp³-hybridized carbons (Fsp3) is 0.333. The Bertz CT molecular complexity index is 1130. The Kier molecular flexibility index (Phi) is 7.52. The highest BCUT2D eigenvalue weighted by molar-refractivity contribution is 6.46. The number of amides is 1. The summed E-state index contributed by atoms with van der Waals surface area (Å²) in [7, 11) is 6.84. The molecule has 0 aliphatic carbocycles. The van der Waals surface area contributed by atoms with Gasteiger partial charge in [0.2, 0.25) is 5.78 Å². The number of ketones is 1. The van der Waals surface area contributed by atoms with Crippen molar-refractivity contribution in [2.45, 2.75) is 12.5 Å². The Morgan fingerprint density at radius 2 is 1.71 bits per heavy atom. The van der Waals surface area contributed by atoms with E-state index in [1.807, 2.05) is 14.1 Å². The van der Waals surface area contributed by atoms with E-state index < -0.39 is 28.4 Å². The lowest BCUT2D eigenvalue weighted by Gasteiger charge is -2.27. The van der Waals surface area contributed by atoms with E-state index in [4.69, 9.17) is 9.47 Å². The molecule has 0 radical (unpaired) electrons. The predicted molar refractivity (Wildman–Crippen MR) is 121 cm³/mol. The van der Waals surface area contributed by atoms with Gasteiger partial charge in [0.25, 0.3) is 11.6 Å². The molecule has 1 atom stereocenters. The molecule has 0 saturated carbocycles. The molecule has 1 N–H and O–H groups in total. The van der Waals surface area contributed by atoms with Gasteiger partial charge in [0.1, 0.15) is 0 Å². The molecule has 1 heterocycles. The smallest absolute Gasteiger partial charge is 0.295 e. The average Bonchev–Trinajstić information content (AvgIpc) is 3.07. The van der Waals surface area contributed by atoms with E-state index in [1.165, 1.54) is 60.4 Å². The molecule has 10 nitrogen and oxygen atoms in total. The second-order valence-electron chi connectivity index (χ2n) is 8.20. The number of nitro groups is 1. The molecule has 1 fully saturated rings. The van der Waals surface area contributed by atoms with Crippen LogP contribution in [0.3, 0.4) is 0 Å². The number of Topliss-reactive ketones (excluding diaryl/α,β-unsaturated/α-hetero) is 1. The van der Waals surface area contributed by atoms with Crippen LogP contribution in [0, 0.1) is 10.1 Å². The van der Waals surface area contributed by atoms with E-state index in [0.717, 1.165) is 6.54 Å². The van der Waals surface area contributed by atoms with Gasteiger partial charge in [-0.1, -0.05) is 11.8 Å². The number of rotatable bonds is 9. The van der Waals surface area contributed by atoms with E-state index in [9.17, 15) is 24.8 Å². The summed E-state index contributed by atoms with van der Waals surface area (Å²) in [6.45, 7) is 1.02. The Balaban J connectivity index is 2.13. The molecule has 180 valence electrons. The number of benzene rings is 2. The van der Waals surface area contributed by atoms with Crippen molar-refractivity contribution < 1.29 is 34.0 Å². The molecule has 1 unspecified atom stereocenters. The predicted octanol–water partition coefficient (Wildman–Crippen LogP) is 0.371. The van der Waals surface area contributed by atoms with Crippen LogP contribution in [-0.2, 0) is 9.59 Å². The Morgan fingerprint density at radius 1 is 1.06 bits per heavy atom. The molecule has 2 aromatic rings. The van der Waals surface area contributed by atoms with Gasteiger partial charge in [-0.05, 0) is 35.4 Å². The Morgan fingerprint density at radius 3 is 2.26 bits per heavy atom. The standard InChI is InChI=1S/C24H27N3O7/c1-25(2)12-5-13-26-21(15-6-9-17(10-7-15)27(31)32)20(23(29)24(26)30)22(28)16-8-11-18(33-3)19(14-16)34-4/h6-11,14,21,28H,5,12-13H2,1-4H3/b22-20+. The molecule has 1 amide bonds. The fourth-order valence-electron chi connectivity index (χ4n) is 3.96. The number of hydrogen-bond acceptors (Lipinski definition) is 7. The lowest BCUT2D eigenvalue weighted by molar-refractivity contribution is -0.858. The van der Waals surface area contributed by atoms with Crippen LogP contribution in [0.4, 0.5) is 5.69 Å². The highest BCUT2D eigenvalue weighted by Crippen LogP contribution is 2.40. The van der Waals surface area contributed by atoms with E-state index in [2.05, 4.69) is 0 Å². The molecular formula is C24H27N3O7. The van der Waals surface area contributed by atoms with Crippen LogP contribution in [0.2, 0.25) is 0 Å². The zero-order valence-corrected chi connectivity index (χ0v) is 19.5. The zero-order valence-electron chi connectivity index (χ0n) is 19.5. The first-order valence-electron chi connectivity index (χ1n) is 10.7. The molecule has 3 rings (SSSR count). The number of carbonyl (C=O) groups excluding carboxylic acids is 2. The number of nitrogens with one attached hydrogen (secondary N) is 1. The summed E-state index contributed by atoms with van der Waals surface area (Å²) in [6.07, 6.45) is 0.614. The van der Waals surface area contributed by atoms with E-state index in [1.54, 1.807) is 6.07 Å². The highest BCUT2D eigenvalue weighted by atomic mass is 16.6. The summed E-state index contributed by atoms with van der Waals surface area (Å²) in [5.41, 5.74) is 0.296. The number of quaternary nitrogens is 1. The summed E-state index contributed by atoms with van der Waals surface area (Å²) < 4.78 is 10.5. The number of carbonyl (C=O) groups is 2. The van der Waals surface area contributed by atoms with Crippen molar-refractivity contribution in [2.75, 3.05) is 41.4 Å². The number of likely N-dealkylation sites (tertiary alicyclic amines) is 1. The van der Waals surface area contributed by atoms with E-state index >= 15 is 0 Å². The molecule has 0 bridgehead atoms. The quantitative estimate of drug-likeness (QED) is 0.185. The third-order valence-electron chi connectivity index (χ3n) is 5.67. The SMILES string of the molecule is COc1ccc(/C([O-])=C2\C(=O)C(=O)N(CCC[NH+](C)C)C2c2ccc([N+](=O)[O-])cc2)cc1OC. The molecule has 1 saturated heterocycles. The molecule has 0 spiro atoms. The van der Waals surface area contributed by atoms with Crippen LogP contribution < -0.4 is 19.5 Å². The van der Waals surface area contributed by atoms with Gasteiger partial charge in [-0.15, -0.1) is 0 Å². The summed E-state index contributed by atoms with van der Waals surface area (Å²) in [4.78, 5) is 39.1. The first kappa shape index (κ1) is 24.7. The van der Waals surface area contributed by atoms with Gasteiger partial charge in [-0.3, -0.25) is 19.7 Å². The van der Waals surface area contributed by atoms with Crippen LogP contribution in [0.5, 0.6) is 11.5 Å². The lowest BCUT2D eigenvalue weighted by Crippen LogP contribution is -3.05. The van der Waals surface area contributed by atoms with Crippen LogP contribution in [0.25, 0.3) is 5.76 Å². The summed E-state index contributed by atoms with van der Waals surface area (Å²) in [6, 6.07) is 9.09. The monoisotopic (exact) mass is 469 g/mol. The van der Waals surface area contributed by atoms with Crippen molar-refractivity contribution in [3.8, 4) is 11.5 Å². The first-order valence-corrected chi connectivity index (χ1v) is 10.7. The number of non-ortho nitro benzene ring substituents is 1. The Labute approximate surface area is 197 Å². The highest BCUT2D eigenvalue weighted by Gasteiger charge is 2.44. The molecule has 2 aromatic carbocycles. The lowest BCUT2D eigenvalue weighted by atomic mass is 9.95. The maximum Gasteiger partial charge on any atom is 0.295 e. The van der Waals surface area contributed by atoms with Crippen LogP contribution in [0.15, 0.2) is 48.0 Å². The molecule has 1 aliphatic rings. The van der Waals surface area contributed by atoms with Gasteiger partial charge >= 0.3 is 0 Å². The van der Waals surface area contributed by atoms with Crippen molar-refractivity contribution in [1.82, 2.24) is 4.90 Å². The minimum atomic E-state index is -0.946. The number of nitrogens with zero attached hydrogens (tertiary/aromatic N) is 2. The molecule has 10 heteroatoms. The fourth-order valence-corrected chi connectivity index (χ4v) is 3.96. The van der Waals surface area contributed by atoms with Crippen LogP contribution >= 0.6 is 0 Å². The van der Waals surface area contributed by atoms with Crippen LogP contribution in [0.1, 0.15) is 23.6 Å². The Hall–Kier alpha value is -3.92. The van der Waals surface area contributed by atoms with Gasteiger partial charge < -0.3 is 24.4 Å². The van der Waals surface area contributed by atoms with Gasteiger partial charge in [-0.2, -0.15) is 0 Å². The second-order valence-corrected chi connectivity index (χ2v) is 8.20. The average molecular weight is 469 g/mol. The van der Waals surface area contributed by atoms with Crippen molar-refractivity contribution >= 4 is 23.1 Å². The number of nitro benzene ring substituents is 1. The van der Waals surface area contributed by atoms with Crippen molar-refractivity contribution in [3.05, 3.63) is 69.3 Å². The summed E-state index contributed by atoms with van der Waals surface area (Å²) in [5.74, 6) is -1.52. The van der Waals surface area contributed by atoms with Crippen molar-refractivity contribution in [2.24, 2.45) is 0 Å². The minimum Gasteiger partial charge on any atom is -0.872 e. The molecule has 34 heavy (non-hydrogen) atoms. The minimum absolute atomic E-state index is 0.130. The molecule has 0 aromatic heterocycles. The second kappa shape index (κ2) is 10.3. The number of ether oxygens (including phenoxy) is 2. The first-order chi connectivity index (χ1) is 16.2. The topological polar surface area (TPSA) is 126 Å². The maximum atomic E-state index is 13.5. The normalized spacial score (nSPS) is 17.3. The van der Waals surface area contributed by atoms with Crippen LogP contribution in [-0.4, -0.2) is 62.9 Å². The summed E-state index contributed by atoms with van der Waals surface area (Å²) >= 11 is 0. The van der Waals surface area contributed by atoms with Gasteiger partial charge in [0, 0.05) is 30.7 Å². The van der Waals surface area contributed by atoms with Crippen molar-refractivity contribution in [1.29, 1.82) is 0 Å². The van der Waals surface area contributed by atoms with Gasteiger partial charge in [-0.25, -0.2) is 0 Å². The molecular weight excluding hydrogens is 442 g/mol. The third kappa shape index (κ3) is 4.86. The zero-order chi connectivity index (χ0) is 25.0. The largest absolute Gasteiger partial charge is 0.872 e. The molecule has 1 aliphatic heterocycles. The van der Waals surface area contributed by atoms with E-state index in [0.29, 0.717) is 23.5 Å². The van der Waals surface area contributed by atoms with Gasteiger partial charge in [0.15, 0.2) is 11.5 Å². The number of hydrogen-bond donors (Lipinski definition) is 1. The third-order valence-corrected chi connectivity index (χ3v) is 5.67.